The van der Waals surface area contributed by atoms with E-state index >= 15 is 0 Å². The highest BCUT2D eigenvalue weighted by Gasteiger charge is 2.19. The lowest BCUT2D eigenvalue weighted by Crippen LogP contribution is -2.41. The van der Waals surface area contributed by atoms with E-state index in [2.05, 4.69) is 20.6 Å². The minimum absolute atomic E-state index is 0.191. The Morgan fingerprint density at radius 1 is 1.59 bits per heavy atom. The molecule has 1 heterocycles. The van der Waals surface area contributed by atoms with Crippen LogP contribution in [0.4, 0.5) is 0 Å². The van der Waals surface area contributed by atoms with Crippen LogP contribution >= 0.6 is 0 Å². The van der Waals surface area contributed by atoms with Gasteiger partial charge in [0.15, 0.2) is 0 Å². The average Bonchev–Trinajstić information content (AvgIpc) is 2.86. The highest BCUT2D eigenvalue weighted by Crippen LogP contribution is 2.10. The number of nitriles is 1. The number of nitrogens with one attached hydrogen (secondary N) is 3. The lowest BCUT2D eigenvalue weighted by atomic mass is 10.2. The number of carbonyl (C=O) groups excluding carboxylic acids is 2. The van der Waals surface area contributed by atoms with Gasteiger partial charge in [0.25, 0.3) is 0 Å². The largest absolute Gasteiger partial charge is 0.347 e. The lowest BCUT2D eigenvalue weighted by Gasteiger charge is -2.13. The summed E-state index contributed by atoms with van der Waals surface area (Å²) in [5, 5.41) is 13.0. The summed E-state index contributed by atoms with van der Waals surface area (Å²) in [5.41, 5.74) is 0. The van der Waals surface area contributed by atoms with Gasteiger partial charge >= 0.3 is 11.8 Å². The Labute approximate surface area is 98.2 Å². The molecule has 0 spiro atoms. The fourth-order valence-corrected chi connectivity index (χ4v) is 1.26. The zero-order chi connectivity index (χ0) is 12.7. The van der Waals surface area contributed by atoms with Crippen molar-refractivity contribution < 1.29 is 9.59 Å². The van der Waals surface area contributed by atoms with Gasteiger partial charge in [-0.2, -0.15) is 5.26 Å². The number of hydrogen-bond donors (Lipinski definition) is 3. The SMILES string of the molecule is CCC(NC(=O)C(=O)NCC#N)c1ncc[nH]1. The molecule has 0 saturated heterocycles. The van der Waals surface area contributed by atoms with Gasteiger partial charge in [-0.3, -0.25) is 9.59 Å². The quantitative estimate of drug-likeness (QED) is 0.487. The van der Waals surface area contributed by atoms with E-state index in [9.17, 15) is 9.59 Å². The minimum Gasteiger partial charge on any atom is -0.347 e. The molecule has 0 aliphatic heterocycles. The third-order valence-corrected chi connectivity index (χ3v) is 2.10. The molecule has 7 heteroatoms. The average molecular weight is 235 g/mol. The van der Waals surface area contributed by atoms with E-state index in [0.29, 0.717) is 12.2 Å². The highest BCUT2D eigenvalue weighted by molar-refractivity contribution is 6.35. The first-order valence-corrected chi connectivity index (χ1v) is 5.14. The van der Waals surface area contributed by atoms with Gasteiger partial charge in [-0.1, -0.05) is 6.92 Å². The van der Waals surface area contributed by atoms with E-state index in [4.69, 9.17) is 5.26 Å². The van der Waals surface area contributed by atoms with Gasteiger partial charge in [0, 0.05) is 12.4 Å². The molecule has 0 aliphatic carbocycles. The monoisotopic (exact) mass is 235 g/mol. The molecule has 1 aromatic rings. The summed E-state index contributed by atoms with van der Waals surface area (Å²) in [6, 6.07) is 1.38. The van der Waals surface area contributed by atoms with Crippen molar-refractivity contribution in [3.05, 3.63) is 18.2 Å². The van der Waals surface area contributed by atoms with Crippen molar-refractivity contribution in [3.8, 4) is 6.07 Å². The zero-order valence-electron chi connectivity index (χ0n) is 9.36. The van der Waals surface area contributed by atoms with Gasteiger partial charge in [0.2, 0.25) is 0 Å². The number of imidazole rings is 1. The summed E-state index contributed by atoms with van der Waals surface area (Å²) < 4.78 is 0. The number of amides is 2. The van der Waals surface area contributed by atoms with Gasteiger partial charge in [0.1, 0.15) is 12.4 Å². The van der Waals surface area contributed by atoms with Crippen molar-refractivity contribution in [2.75, 3.05) is 6.54 Å². The van der Waals surface area contributed by atoms with Crippen LogP contribution in [0, 0.1) is 11.3 Å². The Kier molecular flexibility index (Phi) is 4.69. The van der Waals surface area contributed by atoms with Crippen molar-refractivity contribution in [2.45, 2.75) is 19.4 Å². The van der Waals surface area contributed by atoms with Crippen molar-refractivity contribution in [1.82, 2.24) is 20.6 Å². The molecule has 1 aromatic heterocycles. The highest BCUT2D eigenvalue weighted by atomic mass is 16.2. The summed E-state index contributed by atoms with van der Waals surface area (Å²) in [4.78, 5) is 29.5. The van der Waals surface area contributed by atoms with E-state index in [1.165, 1.54) is 0 Å². The predicted molar refractivity (Wildman–Crippen MR) is 58.4 cm³/mol. The number of aromatic amines is 1. The number of rotatable bonds is 4. The fourth-order valence-electron chi connectivity index (χ4n) is 1.26. The van der Waals surface area contributed by atoms with Crippen LogP contribution in [0.5, 0.6) is 0 Å². The van der Waals surface area contributed by atoms with Crippen LogP contribution in [-0.2, 0) is 9.59 Å². The molecule has 2 amide bonds. The molecule has 0 fully saturated rings. The van der Waals surface area contributed by atoms with Crippen molar-refractivity contribution in [1.29, 1.82) is 5.26 Å². The van der Waals surface area contributed by atoms with Crippen LogP contribution in [0.25, 0.3) is 0 Å². The van der Waals surface area contributed by atoms with Crippen LogP contribution in [-0.4, -0.2) is 28.3 Å². The molecule has 3 N–H and O–H groups in total. The second kappa shape index (κ2) is 6.27. The standard InChI is InChI=1S/C10H13N5O2/c1-2-7(8-12-5-6-13-8)15-10(17)9(16)14-4-3-11/h5-7H,2,4H2,1H3,(H,12,13)(H,14,16)(H,15,17). The van der Waals surface area contributed by atoms with Crippen LogP contribution in [0.15, 0.2) is 12.4 Å². The van der Waals surface area contributed by atoms with Gasteiger partial charge in [-0.25, -0.2) is 4.98 Å². The van der Waals surface area contributed by atoms with E-state index in [0.717, 1.165) is 0 Å². The van der Waals surface area contributed by atoms with Crippen LogP contribution in [0.1, 0.15) is 25.2 Å². The number of hydrogen-bond acceptors (Lipinski definition) is 4. The summed E-state index contributed by atoms with van der Waals surface area (Å²) in [7, 11) is 0. The predicted octanol–water partition coefficient (Wildman–Crippen LogP) is -0.383. The second-order valence-electron chi connectivity index (χ2n) is 3.25. The minimum atomic E-state index is -0.823. The van der Waals surface area contributed by atoms with Crippen LogP contribution < -0.4 is 10.6 Å². The summed E-state index contributed by atoms with van der Waals surface area (Å²) in [5.74, 6) is -1.01. The van der Waals surface area contributed by atoms with Crippen molar-refractivity contribution in [2.24, 2.45) is 0 Å². The topological polar surface area (TPSA) is 111 Å². The second-order valence-corrected chi connectivity index (χ2v) is 3.25. The normalized spacial score (nSPS) is 11.3. The Bertz CT molecular complexity index is 420. The molecular weight excluding hydrogens is 222 g/mol. The Morgan fingerprint density at radius 3 is 2.88 bits per heavy atom. The first-order valence-electron chi connectivity index (χ1n) is 5.14. The number of aromatic nitrogens is 2. The summed E-state index contributed by atoms with van der Waals surface area (Å²) in [6.07, 6.45) is 3.81. The molecular formula is C10H13N5O2. The molecule has 17 heavy (non-hydrogen) atoms. The first-order chi connectivity index (χ1) is 8.19. The van der Waals surface area contributed by atoms with Crippen LogP contribution in [0.3, 0.4) is 0 Å². The van der Waals surface area contributed by atoms with Gasteiger partial charge in [0.05, 0.1) is 12.1 Å². The van der Waals surface area contributed by atoms with E-state index in [-0.39, 0.29) is 12.6 Å². The third kappa shape index (κ3) is 3.61. The maximum atomic E-state index is 11.4. The number of carbonyl (C=O) groups is 2. The molecule has 0 saturated carbocycles. The summed E-state index contributed by atoms with van der Waals surface area (Å²) in [6.45, 7) is 1.67. The molecule has 7 nitrogen and oxygen atoms in total. The molecule has 0 aliphatic rings. The molecule has 1 atom stereocenters. The van der Waals surface area contributed by atoms with Gasteiger partial charge < -0.3 is 15.6 Å². The van der Waals surface area contributed by atoms with E-state index in [1.54, 1.807) is 18.5 Å². The Balaban J connectivity index is 2.55. The molecule has 1 unspecified atom stereocenters. The molecule has 0 bridgehead atoms. The molecule has 1 rings (SSSR count). The maximum absolute atomic E-state index is 11.4. The Morgan fingerprint density at radius 2 is 2.35 bits per heavy atom. The van der Waals surface area contributed by atoms with E-state index < -0.39 is 11.8 Å². The summed E-state index contributed by atoms with van der Waals surface area (Å²) >= 11 is 0. The Hall–Kier alpha value is -2.36. The molecule has 0 aromatic carbocycles. The zero-order valence-corrected chi connectivity index (χ0v) is 9.36. The van der Waals surface area contributed by atoms with Gasteiger partial charge in [-0.05, 0) is 6.42 Å². The number of H-pyrrole nitrogens is 1. The van der Waals surface area contributed by atoms with Crippen LogP contribution in [0.2, 0.25) is 0 Å². The third-order valence-electron chi connectivity index (χ3n) is 2.10. The molecule has 90 valence electrons. The van der Waals surface area contributed by atoms with Crippen molar-refractivity contribution in [3.63, 3.8) is 0 Å². The maximum Gasteiger partial charge on any atom is 0.310 e. The number of nitrogens with zero attached hydrogens (tertiary/aromatic N) is 2. The lowest BCUT2D eigenvalue weighted by molar-refractivity contribution is -0.139. The van der Waals surface area contributed by atoms with Crippen molar-refractivity contribution >= 4 is 11.8 Å². The first kappa shape index (κ1) is 12.7. The molecule has 0 radical (unpaired) electrons. The van der Waals surface area contributed by atoms with E-state index in [1.807, 2.05) is 6.92 Å². The smallest absolute Gasteiger partial charge is 0.310 e. The fraction of sp³-hybridized carbons (Fsp3) is 0.400. The van der Waals surface area contributed by atoms with Gasteiger partial charge in [-0.15, -0.1) is 0 Å².